The highest BCUT2D eigenvalue weighted by Crippen LogP contribution is 2.28. The molecule has 1 aliphatic carbocycles. The Morgan fingerprint density at radius 3 is 2.37 bits per heavy atom. The third-order valence-corrected chi connectivity index (χ3v) is 5.51. The van der Waals surface area contributed by atoms with Crippen LogP contribution in [0.3, 0.4) is 0 Å². The molecule has 3 rings (SSSR count). The number of ether oxygens (including phenoxy) is 2. The number of methoxy groups -OCH3 is 2. The quantitative estimate of drug-likeness (QED) is 0.533. The van der Waals surface area contributed by atoms with E-state index in [1.807, 2.05) is 29.2 Å². The van der Waals surface area contributed by atoms with Gasteiger partial charge in [0.05, 0.1) is 14.2 Å². The van der Waals surface area contributed by atoms with Crippen molar-refractivity contribution in [1.82, 2.24) is 4.90 Å². The molecule has 1 saturated heterocycles. The van der Waals surface area contributed by atoms with Crippen molar-refractivity contribution in [2.24, 2.45) is 0 Å². The number of allylic oxidation sites excluding steroid dienone is 2. The number of likely N-dealkylation sites (tertiary alicyclic amines) is 1. The van der Waals surface area contributed by atoms with Gasteiger partial charge in [0.1, 0.15) is 0 Å². The average Bonchev–Trinajstić information content (AvgIpc) is 2.78. The first-order valence-electron chi connectivity index (χ1n) is 10.1. The van der Waals surface area contributed by atoms with Crippen molar-refractivity contribution >= 4 is 23.5 Å². The lowest BCUT2D eigenvalue weighted by Crippen LogP contribution is -2.34. The molecule has 158 valence electrons. The molecule has 0 N–H and O–H groups in total. The van der Waals surface area contributed by atoms with Crippen molar-refractivity contribution in [3.8, 4) is 0 Å². The Kier molecular flexibility index (Phi) is 6.87. The maximum absolute atomic E-state index is 12.8. The molecule has 1 fully saturated rings. The second-order valence-electron chi connectivity index (χ2n) is 7.47. The van der Waals surface area contributed by atoms with Gasteiger partial charge in [-0.3, -0.25) is 14.4 Å². The number of Topliss-reactive ketones (excluding diaryl/α,β-unsaturated/α-hetero) is 2. The molecule has 2 aliphatic rings. The summed E-state index contributed by atoms with van der Waals surface area (Å²) >= 11 is 0. The molecule has 1 aromatic carbocycles. The zero-order chi connectivity index (χ0) is 21.7. The van der Waals surface area contributed by atoms with E-state index in [-0.39, 0.29) is 29.0 Å². The fourth-order valence-corrected chi connectivity index (χ4v) is 3.80. The molecule has 0 atom stereocenters. The van der Waals surface area contributed by atoms with Crippen molar-refractivity contribution in [2.45, 2.75) is 32.6 Å². The molecule has 1 amide bonds. The van der Waals surface area contributed by atoms with Crippen molar-refractivity contribution < 1.29 is 23.9 Å². The summed E-state index contributed by atoms with van der Waals surface area (Å²) < 4.78 is 10.2. The Morgan fingerprint density at radius 2 is 1.70 bits per heavy atom. The predicted molar refractivity (Wildman–Crippen MR) is 113 cm³/mol. The highest BCUT2D eigenvalue weighted by molar-refractivity contribution is 6.23. The summed E-state index contributed by atoms with van der Waals surface area (Å²) in [6.07, 6.45) is 6.97. The third-order valence-electron chi connectivity index (χ3n) is 5.51. The van der Waals surface area contributed by atoms with E-state index in [9.17, 15) is 14.4 Å². The van der Waals surface area contributed by atoms with Crippen molar-refractivity contribution in [2.75, 3.05) is 27.3 Å². The maximum atomic E-state index is 12.8. The number of benzene rings is 1. The maximum Gasteiger partial charge on any atom is 0.246 e. The first kappa shape index (κ1) is 21.6. The molecule has 30 heavy (non-hydrogen) atoms. The van der Waals surface area contributed by atoms with E-state index in [2.05, 4.69) is 0 Å². The van der Waals surface area contributed by atoms with Crippen LogP contribution in [0.5, 0.6) is 0 Å². The van der Waals surface area contributed by atoms with Gasteiger partial charge in [-0.1, -0.05) is 24.3 Å². The molecular weight excluding hydrogens is 382 g/mol. The summed E-state index contributed by atoms with van der Waals surface area (Å²) in [6, 6.07) is 7.59. The predicted octanol–water partition coefficient (Wildman–Crippen LogP) is 3.23. The monoisotopic (exact) mass is 409 g/mol. The van der Waals surface area contributed by atoms with Crippen LogP contribution in [0.4, 0.5) is 0 Å². The lowest BCUT2D eigenvalue weighted by molar-refractivity contribution is -0.126. The molecule has 0 aromatic heterocycles. The second-order valence-corrected chi connectivity index (χ2v) is 7.47. The van der Waals surface area contributed by atoms with Gasteiger partial charge in [0.2, 0.25) is 29.0 Å². The molecule has 1 aromatic rings. The minimum Gasteiger partial charge on any atom is -0.489 e. The molecule has 0 spiro atoms. The second kappa shape index (κ2) is 9.57. The van der Waals surface area contributed by atoms with Crippen molar-refractivity contribution in [3.05, 3.63) is 64.1 Å². The highest BCUT2D eigenvalue weighted by Gasteiger charge is 2.34. The normalized spacial score (nSPS) is 17.8. The highest BCUT2D eigenvalue weighted by atomic mass is 16.5. The van der Waals surface area contributed by atoms with Crippen LogP contribution in [0.1, 0.15) is 37.3 Å². The number of hydrogen-bond donors (Lipinski definition) is 0. The Labute approximate surface area is 176 Å². The van der Waals surface area contributed by atoms with Gasteiger partial charge in [0, 0.05) is 36.7 Å². The van der Waals surface area contributed by atoms with E-state index >= 15 is 0 Å². The number of amides is 1. The number of nitrogens with zero attached hydrogens (tertiary/aromatic N) is 1. The largest absolute Gasteiger partial charge is 0.489 e. The molecule has 1 heterocycles. The Hall–Kier alpha value is -3.15. The summed E-state index contributed by atoms with van der Waals surface area (Å²) in [4.78, 5) is 39.6. The Morgan fingerprint density at radius 1 is 1.03 bits per heavy atom. The Balaban J connectivity index is 1.77. The van der Waals surface area contributed by atoms with Gasteiger partial charge in [-0.2, -0.15) is 0 Å². The molecule has 0 radical (unpaired) electrons. The smallest absolute Gasteiger partial charge is 0.246 e. The van der Waals surface area contributed by atoms with E-state index in [4.69, 9.17) is 9.47 Å². The standard InChI is InChI=1S/C24H27NO5/c1-16-19(22(28)24(30-3)23(29-2)21(16)27)15-18-9-7-8-17(14-18)10-11-20(26)25-12-5-4-6-13-25/h7-11,14H,4-6,12-13,15H2,1-3H3. The molecular formula is C24H27NO5. The van der Waals surface area contributed by atoms with Crippen LogP contribution < -0.4 is 0 Å². The number of carbonyl (C=O) groups is 3. The summed E-state index contributed by atoms with van der Waals surface area (Å²) in [6.45, 7) is 3.25. The summed E-state index contributed by atoms with van der Waals surface area (Å²) in [5, 5.41) is 0. The van der Waals surface area contributed by atoms with Crippen LogP contribution >= 0.6 is 0 Å². The Bertz CT molecular complexity index is 948. The molecule has 6 nitrogen and oxygen atoms in total. The lowest BCUT2D eigenvalue weighted by atomic mass is 9.88. The van der Waals surface area contributed by atoms with E-state index in [1.54, 1.807) is 19.1 Å². The fourth-order valence-electron chi connectivity index (χ4n) is 3.80. The van der Waals surface area contributed by atoms with Gasteiger partial charge in [0.25, 0.3) is 0 Å². The van der Waals surface area contributed by atoms with Crippen molar-refractivity contribution in [3.63, 3.8) is 0 Å². The van der Waals surface area contributed by atoms with E-state index in [0.29, 0.717) is 17.6 Å². The zero-order valence-corrected chi connectivity index (χ0v) is 17.7. The van der Waals surface area contributed by atoms with E-state index in [1.165, 1.54) is 20.6 Å². The number of piperidine rings is 1. The molecule has 0 saturated carbocycles. The van der Waals surface area contributed by atoms with Gasteiger partial charge in [-0.05, 0) is 43.4 Å². The zero-order valence-electron chi connectivity index (χ0n) is 17.7. The van der Waals surface area contributed by atoms with Crippen molar-refractivity contribution in [1.29, 1.82) is 0 Å². The topological polar surface area (TPSA) is 72.9 Å². The number of rotatable bonds is 6. The lowest BCUT2D eigenvalue weighted by Gasteiger charge is -2.25. The van der Waals surface area contributed by atoms with Gasteiger partial charge in [-0.25, -0.2) is 0 Å². The van der Waals surface area contributed by atoms with Crippen LogP contribution in [0.25, 0.3) is 6.08 Å². The van der Waals surface area contributed by atoms with E-state index in [0.717, 1.165) is 37.1 Å². The third kappa shape index (κ3) is 4.53. The summed E-state index contributed by atoms with van der Waals surface area (Å²) in [5.41, 5.74) is 2.49. The van der Waals surface area contributed by atoms with Crippen LogP contribution in [0.15, 0.2) is 53.0 Å². The van der Waals surface area contributed by atoms with E-state index < -0.39 is 0 Å². The molecule has 0 unspecified atom stereocenters. The van der Waals surface area contributed by atoms with Crippen LogP contribution in [0, 0.1) is 0 Å². The van der Waals surface area contributed by atoms with Gasteiger partial charge >= 0.3 is 0 Å². The first-order valence-corrected chi connectivity index (χ1v) is 10.1. The summed E-state index contributed by atoms with van der Waals surface area (Å²) in [7, 11) is 2.70. The van der Waals surface area contributed by atoms with Gasteiger partial charge in [-0.15, -0.1) is 0 Å². The van der Waals surface area contributed by atoms with Crippen LogP contribution in [0.2, 0.25) is 0 Å². The van der Waals surface area contributed by atoms with Crippen LogP contribution in [-0.2, 0) is 30.3 Å². The fraction of sp³-hybridized carbons (Fsp3) is 0.375. The summed E-state index contributed by atoms with van der Waals surface area (Å²) in [5.74, 6) is -0.781. The number of hydrogen-bond acceptors (Lipinski definition) is 5. The molecule has 1 aliphatic heterocycles. The minimum absolute atomic E-state index is 0.0219. The SMILES string of the molecule is COC1=C(OC)C(=O)C(Cc2cccc(C=CC(=O)N3CCCCC3)c2)=C(C)C1=O. The van der Waals surface area contributed by atoms with Gasteiger partial charge < -0.3 is 14.4 Å². The van der Waals surface area contributed by atoms with Crippen LogP contribution in [-0.4, -0.2) is 49.7 Å². The van der Waals surface area contributed by atoms with Gasteiger partial charge in [0.15, 0.2) is 0 Å². The number of ketones is 2. The average molecular weight is 409 g/mol. The first-order chi connectivity index (χ1) is 14.5. The molecule has 0 bridgehead atoms. The number of carbonyl (C=O) groups excluding carboxylic acids is 3. The molecule has 6 heteroatoms. The minimum atomic E-state index is -0.341.